The van der Waals surface area contributed by atoms with Crippen LogP contribution in [0, 0.1) is 6.92 Å². The predicted octanol–water partition coefficient (Wildman–Crippen LogP) is 4.85. The fraction of sp³-hybridized carbons (Fsp3) is 0.367. The topological polar surface area (TPSA) is 84.7 Å². The van der Waals surface area contributed by atoms with Crippen molar-refractivity contribution in [2.45, 2.75) is 70.0 Å². The molecule has 4 heterocycles. The molecular formula is C30H29N3O5. The minimum Gasteiger partial charge on any atom is -0.451 e. The molecule has 7 rings (SSSR count). The van der Waals surface area contributed by atoms with Crippen molar-refractivity contribution in [3.63, 3.8) is 0 Å². The minimum atomic E-state index is -0.822. The molecule has 8 nitrogen and oxygen atoms in total. The number of rotatable bonds is 5. The summed E-state index contributed by atoms with van der Waals surface area (Å²) in [5, 5.41) is 0.948. The van der Waals surface area contributed by atoms with Gasteiger partial charge >= 0.3 is 5.97 Å². The van der Waals surface area contributed by atoms with Crippen molar-refractivity contribution >= 4 is 17.0 Å². The van der Waals surface area contributed by atoms with Crippen LogP contribution in [0.3, 0.4) is 0 Å². The molecule has 5 atom stereocenters. The first-order chi connectivity index (χ1) is 18.4. The van der Waals surface area contributed by atoms with E-state index in [2.05, 4.69) is 22.1 Å². The molecule has 3 aliphatic rings. The Balaban J connectivity index is 1.30. The third kappa shape index (κ3) is 3.83. The summed E-state index contributed by atoms with van der Waals surface area (Å²) in [6.07, 6.45) is 2.89. The third-order valence-electron chi connectivity index (χ3n) is 7.81. The van der Waals surface area contributed by atoms with Gasteiger partial charge in [-0.25, -0.2) is 14.8 Å². The molecular weight excluding hydrogens is 482 g/mol. The maximum atomic E-state index is 13.3. The van der Waals surface area contributed by atoms with Crippen molar-refractivity contribution in [3.05, 3.63) is 95.1 Å². The lowest BCUT2D eigenvalue weighted by molar-refractivity contribution is -0.207. The Morgan fingerprint density at radius 1 is 1.03 bits per heavy atom. The molecule has 0 amide bonds. The van der Waals surface area contributed by atoms with Crippen LogP contribution in [0.15, 0.2) is 67.1 Å². The first-order valence-corrected chi connectivity index (χ1v) is 13.0. The van der Waals surface area contributed by atoms with Crippen LogP contribution in [0.2, 0.25) is 0 Å². The Morgan fingerprint density at radius 2 is 1.82 bits per heavy atom. The maximum Gasteiger partial charge on any atom is 0.338 e. The average Bonchev–Trinajstić information content (AvgIpc) is 3.55. The predicted molar refractivity (Wildman–Crippen MR) is 138 cm³/mol. The number of esters is 1. The van der Waals surface area contributed by atoms with Gasteiger partial charge in [-0.2, -0.15) is 0 Å². The van der Waals surface area contributed by atoms with Gasteiger partial charge in [0.15, 0.2) is 18.1 Å². The van der Waals surface area contributed by atoms with E-state index in [1.54, 1.807) is 18.5 Å². The van der Waals surface area contributed by atoms with Gasteiger partial charge in [0.25, 0.3) is 0 Å². The smallest absolute Gasteiger partial charge is 0.338 e. The number of fused-ring (bicyclic) bond motifs is 3. The molecule has 2 saturated heterocycles. The maximum absolute atomic E-state index is 13.3. The fourth-order valence-corrected chi connectivity index (χ4v) is 5.85. The van der Waals surface area contributed by atoms with Crippen molar-refractivity contribution in [1.29, 1.82) is 0 Å². The van der Waals surface area contributed by atoms with E-state index in [1.807, 2.05) is 61.9 Å². The highest BCUT2D eigenvalue weighted by molar-refractivity contribution is 5.89. The quantitative estimate of drug-likeness (QED) is 0.354. The Labute approximate surface area is 220 Å². The molecule has 194 valence electrons. The Bertz CT molecular complexity index is 1530. The van der Waals surface area contributed by atoms with Crippen molar-refractivity contribution in [3.8, 4) is 0 Å². The van der Waals surface area contributed by atoms with Gasteiger partial charge in [0.05, 0.1) is 11.3 Å². The zero-order valence-electron chi connectivity index (χ0n) is 21.5. The molecule has 1 aliphatic carbocycles. The van der Waals surface area contributed by atoms with Crippen molar-refractivity contribution in [2.75, 3.05) is 0 Å². The summed E-state index contributed by atoms with van der Waals surface area (Å²) < 4.78 is 27.8. The Hall–Kier alpha value is -3.59. The van der Waals surface area contributed by atoms with E-state index in [1.165, 1.54) is 11.1 Å². The number of nitrogens with zero attached hydrogens (tertiary/aromatic N) is 3. The summed E-state index contributed by atoms with van der Waals surface area (Å²) >= 11 is 0. The highest BCUT2D eigenvalue weighted by atomic mass is 16.8. The summed E-state index contributed by atoms with van der Waals surface area (Å²) in [5.41, 5.74) is 5.64. The SMILES string of the molecule is Cc1ncnc2c1ccn2[C@@H]1O[C@H](C(OC(=O)c2ccccc2)c2ccc3c(c2)CC3)[C@H]2OC(C)(C)O[C@H]21. The molecule has 0 saturated carbocycles. The number of ether oxygens (including phenoxy) is 4. The zero-order chi connectivity index (χ0) is 26.0. The number of carbonyl (C=O) groups excluding carboxylic acids is 1. The summed E-state index contributed by atoms with van der Waals surface area (Å²) in [6, 6.07) is 17.3. The van der Waals surface area contributed by atoms with Crippen LogP contribution >= 0.6 is 0 Å². The normalized spacial score (nSPS) is 26.0. The van der Waals surface area contributed by atoms with Gasteiger partial charge in [-0.3, -0.25) is 0 Å². The summed E-state index contributed by atoms with van der Waals surface area (Å²) in [5.74, 6) is -1.23. The van der Waals surface area contributed by atoms with Crippen LogP contribution in [0.1, 0.15) is 58.9 Å². The first-order valence-electron chi connectivity index (χ1n) is 13.0. The molecule has 2 fully saturated rings. The number of benzene rings is 2. The van der Waals surface area contributed by atoms with E-state index in [4.69, 9.17) is 18.9 Å². The minimum absolute atomic E-state index is 0.408. The number of aromatic nitrogens is 3. The molecule has 0 spiro atoms. The Kier molecular flexibility index (Phi) is 5.40. The second kappa shape index (κ2) is 8.73. The van der Waals surface area contributed by atoms with E-state index in [0.717, 1.165) is 35.1 Å². The number of aryl methyl sites for hydroxylation is 3. The largest absolute Gasteiger partial charge is 0.451 e. The van der Waals surface area contributed by atoms with E-state index in [0.29, 0.717) is 5.56 Å². The lowest BCUT2D eigenvalue weighted by Gasteiger charge is -2.30. The molecule has 0 N–H and O–H groups in total. The van der Waals surface area contributed by atoms with Gasteiger partial charge in [-0.05, 0) is 68.5 Å². The van der Waals surface area contributed by atoms with Crippen LogP contribution < -0.4 is 0 Å². The van der Waals surface area contributed by atoms with Crippen LogP contribution in [-0.4, -0.2) is 44.6 Å². The lowest BCUT2D eigenvalue weighted by Crippen LogP contribution is -2.36. The molecule has 38 heavy (non-hydrogen) atoms. The van der Waals surface area contributed by atoms with Crippen molar-refractivity contribution < 1.29 is 23.7 Å². The Morgan fingerprint density at radius 3 is 2.58 bits per heavy atom. The second-order valence-corrected chi connectivity index (χ2v) is 10.7. The summed E-state index contributed by atoms with van der Waals surface area (Å²) in [7, 11) is 0. The lowest BCUT2D eigenvalue weighted by atomic mass is 9.85. The highest BCUT2D eigenvalue weighted by Crippen LogP contribution is 2.48. The molecule has 2 aromatic carbocycles. The van der Waals surface area contributed by atoms with Gasteiger partial charge in [-0.15, -0.1) is 0 Å². The highest BCUT2D eigenvalue weighted by Gasteiger charge is 2.59. The molecule has 2 aromatic heterocycles. The van der Waals surface area contributed by atoms with Gasteiger partial charge < -0.3 is 23.5 Å². The van der Waals surface area contributed by atoms with Crippen LogP contribution in [0.25, 0.3) is 11.0 Å². The standard InChI is InChI=1S/C30H29N3O5/c1-17-22-13-14-33(27(22)32-16-31-17)28-26-25(37-30(2,3)38-26)24(35-28)23(21-12-10-18-9-11-20(18)15-21)36-29(34)19-7-5-4-6-8-19/h4-8,10,12-16,23-26,28H,9,11H2,1-3H3/t23?,24-,25-,26-,28-/m1/s1. The molecule has 0 radical (unpaired) electrons. The number of hydrogen-bond donors (Lipinski definition) is 0. The molecule has 2 aliphatic heterocycles. The van der Waals surface area contributed by atoms with Gasteiger partial charge in [0.2, 0.25) is 0 Å². The van der Waals surface area contributed by atoms with Crippen molar-refractivity contribution in [1.82, 2.24) is 14.5 Å². The fourth-order valence-electron chi connectivity index (χ4n) is 5.85. The van der Waals surface area contributed by atoms with Gasteiger partial charge in [-0.1, -0.05) is 36.4 Å². The average molecular weight is 512 g/mol. The number of hydrogen-bond acceptors (Lipinski definition) is 7. The van der Waals surface area contributed by atoms with Crippen LogP contribution in [-0.2, 0) is 31.8 Å². The van der Waals surface area contributed by atoms with Gasteiger partial charge in [0, 0.05) is 11.6 Å². The van der Waals surface area contributed by atoms with Gasteiger partial charge in [0.1, 0.15) is 30.3 Å². The van der Waals surface area contributed by atoms with E-state index >= 15 is 0 Å². The third-order valence-corrected chi connectivity index (χ3v) is 7.81. The molecule has 1 unspecified atom stereocenters. The molecule has 4 aromatic rings. The summed E-state index contributed by atoms with van der Waals surface area (Å²) in [4.78, 5) is 22.2. The first kappa shape index (κ1) is 23.5. The van der Waals surface area contributed by atoms with Crippen molar-refractivity contribution in [2.24, 2.45) is 0 Å². The molecule has 0 bridgehead atoms. The summed E-state index contributed by atoms with van der Waals surface area (Å²) in [6.45, 7) is 5.75. The van der Waals surface area contributed by atoms with E-state index in [-0.39, 0.29) is 0 Å². The number of carbonyl (C=O) groups is 1. The van der Waals surface area contributed by atoms with Crippen LogP contribution in [0.4, 0.5) is 0 Å². The molecule has 8 heteroatoms. The van der Waals surface area contributed by atoms with Crippen LogP contribution in [0.5, 0.6) is 0 Å². The van der Waals surface area contributed by atoms with E-state index < -0.39 is 42.4 Å². The second-order valence-electron chi connectivity index (χ2n) is 10.7. The van der Waals surface area contributed by atoms with E-state index in [9.17, 15) is 4.79 Å². The monoisotopic (exact) mass is 511 g/mol. The zero-order valence-corrected chi connectivity index (χ0v) is 21.5.